The molecular weight excluding hydrogens is 290 g/mol. The van der Waals surface area contributed by atoms with Gasteiger partial charge in [-0.2, -0.15) is 10.1 Å². The van der Waals surface area contributed by atoms with Crippen molar-refractivity contribution in [2.24, 2.45) is 0 Å². The van der Waals surface area contributed by atoms with Crippen LogP contribution in [0.2, 0.25) is 0 Å². The zero-order valence-electron chi connectivity index (χ0n) is 11.2. The van der Waals surface area contributed by atoms with Crippen molar-refractivity contribution in [1.29, 1.82) is 0 Å². The van der Waals surface area contributed by atoms with Crippen LogP contribution in [0.15, 0.2) is 48.8 Å². The van der Waals surface area contributed by atoms with E-state index in [0.717, 1.165) is 0 Å². The maximum atomic E-state index is 14.1. The second-order valence-corrected chi connectivity index (χ2v) is 4.49. The number of hydrogen-bond donors (Lipinski definition) is 2. The van der Waals surface area contributed by atoms with Gasteiger partial charge in [0.2, 0.25) is 5.95 Å². The number of benzene rings is 2. The summed E-state index contributed by atoms with van der Waals surface area (Å²) in [5.41, 5.74) is 1.08. The molecule has 0 aliphatic heterocycles. The molecule has 1 aromatic heterocycles. The molecule has 7 heteroatoms. The standard InChI is InChI=1S/C15H10F2N4O/c16-11-4-1-9(2-5-11)10-3-6-12(13(17)7-10)14(22)20-15-18-8-19-21-15/h1-8H,(H2,18,19,20,21,22). The number of carbonyl (C=O) groups excluding carboxylic acids is 1. The highest BCUT2D eigenvalue weighted by Gasteiger charge is 2.14. The first-order valence-corrected chi connectivity index (χ1v) is 6.36. The number of nitrogens with zero attached hydrogens (tertiary/aromatic N) is 2. The number of carbonyl (C=O) groups is 1. The molecule has 0 radical (unpaired) electrons. The summed E-state index contributed by atoms with van der Waals surface area (Å²) in [6.07, 6.45) is 1.23. The number of hydrogen-bond acceptors (Lipinski definition) is 3. The summed E-state index contributed by atoms with van der Waals surface area (Å²) in [5.74, 6) is -1.56. The molecular formula is C15H10F2N4O. The maximum absolute atomic E-state index is 14.1. The number of rotatable bonds is 3. The lowest BCUT2D eigenvalue weighted by atomic mass is 10.0. The van der Waals surface area contributed by atoms with Gasteiger partial charge in [-0.05, 0) is 35.4 Å². The highest BCUT2D eigenvalue weighted by atomic mass is 19.1. The molecule has 0 atom stereocenters. The Kier molecular flexibility index (Phi) is 3.61. The van der Waals surface area contributed by atoms with E-state index in [2.05, 4.69) is 20.5 Å². The van der Waals surface area contributed by atoms with Crippen LogP contribution in [0, 0.1) is 11.6 Å². The van der Waals surface area contributed by atoms with Gasteiger partial charge in [0.1, 0.15) is 18.0 Å². The zero-order chi connectivity index (χ0) is 15.5. The quantitative estimate of drug-likeness (QED) is 0.781. The molecule has 5 nitrogen and oxygen atoms in total. The van der Waals surface area contributed by atoms with Gasteiger partial charge in [-0.3, -0.25) is 10.1 Å². The van der Waals surface area contributed by atoms with Crippen LogP contribution in [0.1, 0.15) is 10.4 Å². The first kappa shape index (κ1) is 13.9. The summed E-state index contributed by atoms with van der Waals surface area (Å²) in [7, 11) is 0. The Labute approximate surface area is 124 Å². The van der Waals surface area contributed by atoms with Crippen molar-refractivity contribution in [3.05, 3.63) is 66.0 Å². The van der Waals surface area contributed by atoms with Crippen LogP contribution in [0.3, 0.4) is 0 Å². The van der Waals surface area contributed by atoms with Crippen molar-refractivity contribution in [3.63, 3.8) is 0 Å². The molecule has 22 heavy (non-hydrogen) atoms. The molecule has 1 amide bonds. The fourth-order valence-corrected chi connectivity index (χ4v) is 1.96. The highest BCUT2D eigenvalue weighted by molar-refractivity contribution is 6.03. The summed E-state index contributed by atoms with van der Waals surface area (Å²) >= 11 is 0. The second kappa shape index (κ2) is 5.72. The summed E-state index contributed by atoms with van der Waals surface area (Å²) < 4.78 is 27.0. The van der Waals surface area contributed by atoms with Crippen LogP contribution in [-0.4, -0.2) is 21.1 Å². The van der Waals surface area contributed by atoms with E-state index in [-0.39, 0.29) is 17.3 Å². The number of aromatic amines is 1. The molecule has 0 aliphatic carbocycles. The zero-order valence-corrected chi connectivity index (χ0v) is 11.2. The predicted octanol–water partition coefficient (Wildman–Crippen LogP) is 3.00. The minimum atomic E-state index is -0.682. The van der Waals surface area contributed by atoms with Gasteiger partial charge in [0.25, 0.3) is 5.91 Å². The van der Waals surface area contributed by atoms with Crippen LogP contribution in [0.5, 0.6) is 0 Å². The lowest BCUT2D eigenvalue weighted by Gasteiger charge is -2.06. The Morgan fingerprint density at radius 1 is 1.05 bits per heavy atom. The molecule has 3 aromatic rings. The van der Waals surface area contributed by atoms with Crippen molar-refractivity contribution in [3.8, 4) is 11.1 Å². The molecule has 0 saturated carbocycles. The Balaban J connectivity index is 1.85. The molecule has 0 fully saturated rings. The first-order valence-electron chi connectivity index (χ1n) is 6.36. The Bertz CT molecular complexity index is 801. The van der Waals surface area contributed by atoms with Crippen LogP contribution < -0.4 is 5.32 Å². The SMILES string of the molecule is O=C(Nc1ncn[nH]1)c1ccc(-c2ccc(F)cc2)cc1F. The molecule has 110 valence electrons. The number of H-pyrrole nitrogens is 1. The Morgan fingerprint density at radius 2 is 1.77 bits per heavy atom. The molecule has 1 heterocycles. The van der Waals surface area contributed by atoms with E-state index in [1.54, 1.807) is 18.2 Å². The number of nitrogens with one attached hydrogen (secondary N) is 2. The lowest BCUT2D eigenvalue weighted by molar-refractivity contribution is 0.102. The van der Waals surface area contributed by atoms with Gasteiger partial charge in [0, 0.05) is 0 Å². The van der Waals surface area contributed by atoms with E-state index in [4.69, 9.17) is 0 Å². The van der Waals surface area contributed by atoms with Gasteiger partial charge in [-0.25, -0.2) is 13.9 Å². The molecule has 2 N–H and O–H groups in total. The van der Waals surface area contributed by atoms with Crippen molar-refractivity contribution in [2.45, 2.75) is 0 Å². The summed E-state index contributed by atoms with van der Waals surface area (Å²) in [4.78, 5) is 15.7. The predicted molar refractivity (Wildman–Crippen MR) is 76.1 cm³/mol. The fraction of sp³-hybridized carbons (Fsp3) is 0. The monoisotopic (exact) mass is 300 g/mol. The second-order valence-electron chi connectivity index (χ2n) is 4.49. The maximum Gasteiger partial charge on any atom is 0.260 e. The smallest absolute Gasteiger partial charge is 0.260 e. The van der Waals surface area contributed by atoms with E-state index in [1.807, 2.05) is 0 Å². The minimum absolute atomic E-state index is 0.123. The van der Waals surface area contributed by atoms with Gasteiger partial charge in [0.15, 0.2) is 0 Å². The fourth-order valence-electron chi connectivity index (χ4n) is 1.96. The van der Waals surface area contributed by atoms with Gasteiger partial charge >= 0.3 is 0 Å². The van der Waals surface area contributed by atoms with E-state index >= 15 is 0 Å². The Hall–Kier alpha value is -3.09. The number of aromatic nitrogens is 3. The number of amides is 1. The molecule has 0 spiro atoms. The average Bonchev–Trinajstić information content (AvgIpc) is 3.00. The Morgan fingerprint density at radius 3 is 2.41 bits per heavy atom. The van der Waals surface area contributed by atoms with E-state index < -0.39 is 11.7 Å². The summed E-state index contributed by atoms with van der Waals surface area (Å²) in [5, 5.41) is 8.41. The minimum Gasteiger partial charge on any atom is -0.291 e. The van der Waals surface area contributed by atoms with Crippen molar-refractivity contribution < 1.29 is 13.6 Å². The van der Waals surface area contributed by atoms with Crippen molar-refractivity contribution in [1.82, 2.24) is 15.2 Å². The first-order chi connectivity index (χ1) is 10.6. The topological polar surface area (TPSA) is 70.7 Å². The van der Waals surface area contributed by atoms with Crippen LogP contribution >= 0.6 is 0 Å². The number of halogens is 2. The highest BCUT2D eigenvalue weighted by Crippen LogP contribution is 2.22. The van der Waals surface area contributed by atoms with Gasteiger partial charge in [0.05, 0.1) is 5.56 Å². The third kappa shape index (κ3) is 2.83. The third-order valence-corrected chi connectivity index (χ3v) is 3.04. The van der Waals surface area contributed by atoms with Crippen LogP contribution in [-0.2, 0) is 0 Å². The molecule has 0 aliphatic rings. The molecule has 3 rings (SSSR count). The van der Waals surface area contributed by atoms with Crippen molar-refractivity contribution >= 4 is 11.9 Å². The summed E-state index contributed by atoms with van der Waals surface area (Å²) in [6.45, 7) is 0. The average molecular weight is 300 g/mol. The summed E-state index contributed by atoms with van der Waals surface area (Å²) in [6, 6.07) is 9.83. The van der Waals surface area contributed by atoms with E-state index in [0.29, 0.717) is 11.1 Å². The molecule has 2 aromatic carbocycles. The largest absolute Gasteiger partial charge is 0.291 e. The van der Waals surface area contributed by atoms with Crippen LogP contribution in [0.4, 0.5) is 14.7 Å². The van der Waals surface area contributed by atoms with Gasteiger partial charge in [-0.15, -0.1) is 0 Å². The lowest BCUT2D eigenvalue weighted by Crippen LogP contribution is -2.14. The van der Waals surface area contributed by atoms with E-state index in [1.165, 1.54) is 30.6 Å². The number of anilines is 1. The van der Waals surface area contributed by atoms with Crippen molar-refractivity contribution in [2.75, 3.05) is 5.32 Å². The normalized spacial score (nSPS) is 10.5. The molecule has 0 saturated heterocycles. The van der Waals surface area contributed by atoms with Gasteiger partial charge in [-0.1, -0.05) is 18.2 Å². The third-order valence-electron chi connectivity index (χ3n) is 3.04. The van der Waals surface area contributed by atoms with Crippen LogP contribution in [0.25, 0.3) is 11.1 Å². The van der Waals surface area contributed by atoms with Gasteiger partial charge < -0.3 is 0 Å². The molecule has 0 unspecified atom stereocenters. The van der Waals surface area contributed by atoms with E-state index in [9.17, 15) is 13.6 Å². The molecule has 0 bridgehead atoms.